The molecule has 4 nitrogen and oxygen atoms in total. The third-order valence-electron chi connectivity index (χ3n) is 5.52. The molecule has 0 bridgehead atoms. The molecule has 0 aliphatic heterocycles. The number of aryl methyl sites for hydroxylation is 1. The number of amides is 2. The summed E-state index contributed by atoms with van der Waals surface area (Å²) in [6.45, 7) is 2.42. The van der Waals surface area contributed by atoms with E-state index in [2.05, 4.69) is 5.32 Å². The van der Waals surface area contributed by atoms with Gasteiger partial charge in [-0.3, -0.25) is 9.59 Å². The van der Waals surface area contributed by atoms with Gasteiger partial charge in [0.2, 0.25) is 11.8 Å². The lowest BCUT2D eigenvalue weighted by Crippen LogP contribution is -2.49. The second-order valence-electron chi connectivity index (χ2n) is 7.82. The zero-order valence-corrected chi connectivity index (χ0v) is 20.5. The van der Waals surface area contributed by atoms with Crippen LogP contribution in [-0.4, -0.2) is 35.6 Å². The number of nitrogens with one attached hydrogen (secondary N) is 1. The smallest absolute Gasteiger partial charge is 0.242 e. The lowest BCUT2D eigenvalue weighted by Gasteiger charge is -2.31. The van der Waals surface area contributed by atoms with Crippen molar-refractivity contribution in [1.82, 2.24) is 10.2 Å². The number of carbonyl (C=O) groups excluding carboxylic acids is 2. The van der Waals surface area contributed by atoms with E-state index in [1.807, 2.05) is 85.8 Å². The summed E-state index contributed by atoms with van der Waals surface area (Å²) in [5.74, 6) is 0.423. The van der Waals surface area contributed by atoms with Crippen molar-refractivity contribution in [3.8, 4) is 0 Å². The van der Waals surface area contributed by atoms with Gasteiger partial charge in [-0.15, -0.1) is 11.8 Å². The lowest BCUT2D eigenvalue weighted by molar-refractivity contribution is -0.140. The zero-order chi connectivity index (χ0) is 23.6. The SMILES string of the molecule is CNC(=O)[C@H](Cc1ccccc1)N(Cc1ccccc1C)C(=O)CCSc1ccc(Cl)cc1. The minimum absolute atomic E-state index is 0.0377. The van der Waals surface area contributed by atoms with Crippen LogP contribution < -0.4 is 5.32 Å². The second kappa shape index (κ2) is 12.5. The van der Waals surface area contributed by atoms with Crippen LogP contribution in [0.3, 0.4) is 0 Å². The number of carbonyl (C=O) groups is 2. The molecule has 0 aromatic heterocycles. The quantitative estimate of drug-likeness (QED) is 0.389. The molecular weight excluding hydrogens is 452 g/mol. The Morgan fingerprint density at radius 3 is 2.30 bits per heavy atom. The van der Waals surface area contributed by atoms with Crippen LogP contribution in [0, 0.1) is 6.92 Å². The van der Waals surface area contributed by atoms with E-state index in [0.29, 0.717) is 30.2 Å². The van der Waals surface area contributed by atoms with Crippen molar-refractivity contribution >= 4 is 35.2 Å². The molecule has 0 unspecified atom stereocenters. The first-order valence-electron chi connectivity index (χ1n) is 11.0. The van der Waals surface area contributed by atoms with Crippen LogP contribution in [0.4, 0.5) is 0 Å². The van der Waals surface area contributed by atoms with Gasteiger partial charge < -0.3 is 10.2 Å². The van der Waals surface area contributed by atoms with E-state index < -0.39 is 6.04 Å². The van der Waals surface area contributed by atoms with Crippen molar-refractivity contribution < 1.29 is 9.59 Å². The van der Waals surface area contributed by atoms with Gasteiger partial charge in [-0.1, -0.05) is 66.2 Å². The highest BCUT2D eigenvalue weighted by Crippen LogP contribution is 2.23. The van der Waals surface area contributed by atoms with E-state index in [1.165, 1.54) is 0 Å². The third-order valence-corrected chi connectivity index (χ3v) is 6.78. The fourth-order valence-electron chi connectivity index (χ4n) is 3.62. The average Bonchev–Trinajstić information content (AvgIpc) is 2.83. The highest BCUT2D eigenvalue weighted by Gasteiger charge is 2.29. The minimum atomic E-state index is -0.593. The van der Waals surface area contributed by atoms with E-state index in [4.69, 9.17) is 11.6 Å². The van der Waals surface area contributed by atoms with Crippen molar-refractivity contribution in [3.63, 3.8) is 0 Å². The molecule has 0 saturated heterocycles. The molecule has 1 atom stereocenters. The molecule has 33 heavy (non-hydrogen) atoms. The summed E-state index contributed by atoms with van der Waals surface area (Å²) < 4.78 is 0. The van der Waals surface area contributed by atoms with Crippen LogP contribution >= 0.6 is 23.4 Å². The number of thioether (sulfide) groups is 1. The predicted molar refractivity (Wildman–Crippen MR) is 137 cm³/mol. The fraction of sp³-hybridized carbons (Fsp3) is 0.259. The first-order valence-corrected chi connectivity index (χ1v) is 12.3. The topological polar surface area (TPSA) is 49.4 Å². The molecule has 172 valence electrons. The molecule has 2 amide bonds. The minimum Gasteiger partial charge on any atom is -0.357 e. The Morgan fingerprint density at radius 1 is 0.970 bits per heavy atom. The standard InChI is InChI=1S/C27H29ClN2O2S/c1-20-8-6-7-11-22(20)19-30(25(27(32)29-2)18-21-9-4-3-5-10-21)26(31)16-17-33-24-14-12-23(28)13-15-24/h3-15,25H,16-19H2,1-2H3,(H,29,32)/t25-/m0/s1. The van der Waals surface area contributed by atoms with Gasteiger partial charge >= 0.3 is 0 Å². The molecule has 0 radical (unpaired) electrons. The van der Waals surface area contributed by atoms with Crippen molar-refractivity contribution in [2.75, 3.05) is 12.8 Å². The van der Waals surface area contributed by atoms with Crippen LogP contribution in [0.15, 0.2) is 83.8 Å². The van der Waals surface area contributed by atoms with E-state index in [0.717, 1.165) is 21.6 Å². The summed E-state index contributed by atoms with van der Waals surface area (Å²) in [6, 6.07) is 24.8. The zero-order valence-electron chi connectivity index (χ0n) is 19.0. The maximum atomic E-state index is 13.5. The molecule has 0 fully saturated rings. The van der Waals surface area contributed by atoms with Gasteiger partial charge in [0.25, 0.3) is 0 Å². The second-order valence-corrected chi connectivity index (χ2v) is 9.43. The van der Waals surface area contributed by atoms with Crippen LogP contribution in [0.1, 0.15) is 23.1 Å². The van der Waals surface area contributed by atoms with Crippen molar-refractivity contribution in [2.45, 2.75) is 37.2 Å². The van der Waals surface area contributed by atoms with Gasteiger partial charge in [0.05, 0.1) is 0 Å². The third kappa shape index (κ3) is 7.37. The fourth-order valence-corrected chi connectivity index (χ4v) is 4.59. The summed E-state index contributed by atoms with van der Waals surface area (Å²) in [5, 5.41) is 3.45. The molecule has 0 spiro atoms. The van der Waals surface area contributed by atoms with Gasteiger partial charge in [0.1, 0.15) is 6.04 Å². The van der Waals surface area contributed by atoms with E-state index >= 15 is 0 Å². The van der Waals surface area contributed by atoms with Crippen LogP contribution in [0.25, 0.3) is 0 Å². The highest BCUT2D eigenvalue weighted by atomic mass is 35.5. The molecule has 0 saturated carbocycles. The van der Waals surface area contributed by atoms with Crippen LogP contribution in [0.5, 0.6) is 0 Å². The molecule has 3 aromatic rings. The predicted octanol–water partition coefficient (Wildman–Crippen LogP) is 5.52. The number of hydrogen-bond acceptors (Lipinski definition) is 3. The first-order chi connectivity index (χ1) is 16.0. The maximum Gasteiger partial charge on any atom is 0.242 e. The number of rotatable bonds is 10. The van der Waals surface area contributed by atoms with Crippen molar-refractivity contribution in [2.24, 2.45) is 0 Å². The number of likely N-dealkylation sites (N-methyl/N-ethyl adjacent to an activating group) is 1. The molecule has 3 aromatic carbocycles. The molecular formula is C27H29ClN2O2S. The molecule has 1 N–H and O–H groups in total. The summed E-state index contributed by atoms with van der Waals surface area (Å²) in [4.78, 5) is 29.2. The number of benzene rings is 3. The summed E-state index contributed by atoms with van der Waals surface area (Å²) >= 11 is 7.57. The Morgan fingerprint density at radius 2 is 1.64 bits per heavy atom. The van der Waals surface area contributed by atoms with Gasteiger partial charge in [-0.25, -0.2) is 0 Å². The number of nitrogens with zero attached hydrogens (tertiary/aromatic N) is 1. The lowest BCUT2D eigenvalue weighted by atomic mass is 10.0. The normalized spacial score (nSPS) is 11.6. The summed E-state index contributed by atoms with van der Waals surface area (Å²) in [5.41, 5.74) is 3.16. The van der Waals surface area contributed by atoms with Gasteiger partial charge in [-0.2, -0.15) is 0 Å². The van der Waals surface area contributed by atoms with Crippen LogP contribution in [0.2, 0.25) is 5.02 Å². The molecule has 3 rings (SSSR count). The Bertz CT molecular complexity index is 1060. The number of hydrogen-bond donors (Lipinski definition) is 1. The Balaban J connectivity index is 1.81. The molecule has 0 aliphatic carbocycles. The molecule has 0 aliphatic rings. The Labute approximate surface area is 205 Å². The van der Waals surface area contributed by atoms with Crippen LogP contribution in [-0.2, 0) is 22.6 Å². The van der Waals surface area contributed by atoms with E-state index in [-0.39, 0.29) is 11.8 Å². The van der Waals surface area contributed by atoms with E-state index in [1.54, 1.807) is 23.7 Å². The maximum absolute atomic E-state index is 13.5. The molecule has 6 heteroatoms. The Hall–Kier alpha value is -2.76. The van der Waals surface area contributed by atoms with Gasteiger partial charge in [0.15, 0.2) is 0 Å². The van der Waals surface area contributed by atoms with Gasteiger partial charge in [-0.05, 0) is 47.9 Å². The number of halogens is 1. The summed E-state index contributed by atoms with van der Waals surface area (Å²) in [6.07, 6.45) is 0.796. The largest absolute Gasteiger partial charge is 0.357 e. The first kappa shape index (κ1) is 24.9. The molecule has 0 heterocycles. The van der Waals surface area contributed by atoms with E-state index in [9.17, 15) is 9.59 Å². The Kier molecular flexibility index (Phi) is 9.40. The van der Waals surface area contributed by atoms with Crippen molar-refractivity contribution in [3.05, 3.63) is 101 Å². The monoisotopic (exact) mass is 480 g/mol. The highest BCUT2D eigenvalue weighted by molar-refractivity contribution is 7.99. The van der Waals surface area contributed by atoms with Crippen molar-refractivity contribution in [1.29, 1.82) is 0 Å². The average molecular weight is 481 g/mol. The summed E-state index contributed by atoms with van der Waals surface area (Å²) in [7, 11) is 1.62. The van der Waals surface area contributed by atoms with Gasteiger partial charge in [0, 0.05) is 42.1 Å².